The normalized spacial score (nSPS) is 14.1. The third kappa shape index (κ3) is 73.0. The number of esters is 4. The van der Waals surface area contributed by atoms with E-state index in [9.17, 15) is 43.2 Å². The lowest BCUT2D eigenvalue weighted by molar-refractivity contribution is -0.161. The molecule has 0 aromatic carbocycles. The molecule has 0 aromatic rings. The third-order valence-electron chi connectivity index (χ3n) is 19.4. The maximum atomic E-state index is 13.1. The largest absolute Gasteiger partial charge is 0.472 e. The first kappa shape index (κ1) is 98.1. The lowest BCUT2D eigenvalue weighted by Crippen LogP contribution is -2.30. The quantitative estimate of drug-likeness (QED) is 0.0222. The zero-order valence-electron chi connectivity index (χ0n) is 65.3. The van der Waals surface area contributed by atoms with Gasteiger partial charge in [-0.1, -0.05) is 381 Å². The van der Waals surface area contributed by atoms with Gasteiger partial charge >= 0.3 is 39.5 Å². The van der Waals surface area contributed by atoms with Gasteiger partial charge in [0.25, 0.3) is 0 Å². The minimum atomic E-state index is -4.96. The first-order chi connectivity index (χ1) is 48.6. The smallest absolute Gasteiger partial charge is 0.462 e. The Balaban J connectivity index is 5.22. The summed E-state index contributed by atoms with van der Waals surface area (Å²) >= 11 is 0. The van der Waals surface area contributed by atoms with E-state index in [1.54, 1.807) is 0 Å². The van der Waals surface area contributed by atoms with Crippen LogP contribution in [0.2, 0.25) is 0 Å². The number of carbonyl (C=O) groups is 4. The highest BCUT2D eigenvalue weighted by Crippen LogP contribution is 2.45. The molecule has 0 spiro atoms. The molecule has 0 aliphatic heterocycles. The molecule has 0 rings (SSSR count). The molecule has 0 saturated carbocycles. The summed E-state index contributed by atoms with van der Waals surface area (Å²) < 4.78 is 68.7. The van der Waals surface area contributed by atoms with Gasteiger partial charge in [0, 0.05) is 25.7 Å². The Morgan fingerprint density at radius 3 is 0.710 bits per heavy atom. The van der Waals surface area contributed by atoms with Crippen LogP contribution in [0.3, 0.4) is 0 Å². The van der Waals surface area contributed by atoms with Crippen molar-refractivity contribution in [3.05, 3.63) is 0 Å². The molecule has 0 saturated heterocycles. The van der Waals surface area contributed by atoms with Crippen LogP contribution in [0.25, 0.3) is 0 Å². The van der Waals surface area contributed by atoms with Crippen LogP contribution >= 0.6 is 15.6 Å². The van der Waals surface area contributed by atoms with E-state index < -0.39 is 97.5 Å². The Bertz CT molecular complexity index is 1910. The van der Waals surface area contributed by atoms with Crippen molar-refractivity contribution in [2.45, 2.75) is 451 Å². The Hall–Kier alpha value is -1.94. The van der Waals surface area contributed by atoms with Crippen molar-refractivity contribution < 1.29 is 80.2 Å². The van der Waals surface area contributed by atoms with Crippen LogP contribution in [0.5, 0.6) is 0 Å². The fourth-order valence-electron chi connectivity index (χ4n) is 12.6. The van der Waals surface area contributed by atoms with E-state index >= 15 is 0 Å². The Morgan fingerprint density at radius 2 is 0.480 bits per heavy atom. The van der Waals surface area contributed by atoms with Crippen molar-refractivity contribution in [3.63, 3.8) is 0 Å². The molecule has 0 amide bonds. The van der Waals surface area contributed by atoms with E-state index in [0.717, 1.165) is 95.8 Å². The monoisotopic (exact) mass is 1470 g/mol. The molecule has 0 radical (unpaired) electrons. The number of rotatable bonds is 81. The number of carbonyl (C=O) groups excluding carboxylic acids is 4. The van der Waals surface area contributed by atoms with Gasteiger partial charge in [0.05, 0.1) is 26.4 Å². The molecule has 3 N–H and O–H groups in total. The Morgan fingerprint density at radius 1 is 0.280 bits per heavy atom. The molecular formula is C81H158O17P2. The van der Waals surface area contributed by atoms with E-state index in [2.05, 4.69) is 34.6 Å². The summed E-state index contributed by atoms with van der Waals surface area (Å²) in [7, 11) is -9.92. The molecule has 19 heteroatoms. The van der Waals surface area contributed by atoms with Crippen molar-refractivity contribution in [2.75, 3.05) is 39.6 Å². The van der Waals surface area contributed by atoms with Gasteiger partial charge in [-0.15, -0.1) is 0 Å². The number of phosphoric ester groups is 2. The predicted molar refractivity (Wildman–Crippen MR) is 409 cm³/mol. The van der Waals surface area contributed by atoms with Crippen LogP contribution in [0.1, 0.15) is 433 Å². The van der Waals surface area contributed by atoms with Gasteiger partial charge in [0.1, 0.15) is 19.3 Å². The van der Waals surface area contributed by atoms with E-state index in [-0.39, 0.29) is 25.7 Å². The second kappa shape index (κ2) is 73.9. The van der Waals surface area contributed by atoms with Crippen molar-refractivity contribution in [1.82, 2.24) is 0 Å². The number of aliphatic hydroxyl groups excluding tert-OH is 1. The lowest BCUT2D eigenvalue weighted by Gasteiger charge is -2.21. The van der Waals surface area contributed by atoms with Crippen molar-refractivity contribution in [2.24, 2.45) is 5.92 Å². The zero-order valence-corrected chi connectivity index (χ0v) is 67.1. The minimum absolute atomic E-state index is 0.108. The standard InChI is InChI=1S/C81H158O17P2/c1-6-10-13-16-19-22-24-26-28-29-30-32-36-40-45-50-55-60-65-79(84)92-71-77(98-81(86)67-62-57-52-47-42-38-34-33-35-39-44-48-53-58-63-74(5)9-4)73-96-100(89,90)94-69-75(82)68-93-99(87,88)95-72-76(70-91-78(83)64-59-54-49-43-21-18-15-12-8-3)97-80(85)66-61-56-51-46-41-37-31-27-25-23-20-17-14-11-7-2/h74-77,82H,6-73H2,1-5H3,(H,87,88)(H,89,90)/t74?,75-,76+,77+/m0/s1. The summed E-state index contributed by atoms with van der Waals surface area (Å²) in [6.45, 7) is 7.38. The van der Waals surface area contributed by atoms with Crippen molar-refractivity contribution in [1.29, 1.82) is 0 Å². The highest BCUT2D eigenvalue weighted by atomic mass is 31.2. The number of phosphoric acid groups is 2. The molecule has 0 bridgehead atoms. The SMILES string of the molecule is CCCCCCCCCCCCCCCCCCCCC(=O)OC[C@H](COP(=O)(O)OC[C@@H](O)COP(=O)(O)OC[C@@H](COC(=O)CCCCCCCCCCC)OC(=O)CCCCCCCCCCCCCCCCC)OC(=O)CCCCCCCCCCCCCCCCC(C)CC. The van der Waals surface area contributed by atoms with Crippen LogP contribution in [0.15, 0.2) is 0 Å². The average Bonchev–Trinajstić information content (AvgIpc) is 0.933. The minimum Gasteiger partial charge on any atom is -0.462 e. The Labute approximate surface area is 613 Å². The summed E-state index contributed by atoms with van der Waals surface area (Å²) in [4.78, 5) is 73.0. The van der Waals surface area contributed by atoms with Crippen LogP contribution < -0.4 is 0 Å². The summed E-state index contributed by atoms with van der Waals surface area (Å²) in [5, 5.41) is 10.6. The topological polar surface area (TPSA) is 237 Å². The number of aliphatic hydroxyl groups is 1. The van der Waals surface area contributed by atoms with Crippen LogP contribution in [0, 0.1) is 5.92 Å². The van der Waals surface area contributed by atoms with Gasteiger partial charge in [-0.2, -0.15) is 0 Å². The summed E-state index contributed by atoms with van der Waals surface area (Å²) in [6.07, 6.45) is 65.1. The van der Waals surface area contributed by atoms with E-state index in [0.29, 0.717) is 25.7 Å². The molecule has 17 nitrogen and oxygen atoms in total. The van der Waals surface area contributed by atoms with E-state index in [4.69, 9.17) is 37.0 Å². The number of ether oxygens (including phenoxy) is 4. The first-order valence-electron chi connectivity index (χ1n) is 42.2. The first-order valence-corrected chi connectivity index (χ1v) is 45.2. The highest BCUT2D eigenvalue weighted by Gasteiger charge is 2.30. The maximum Gasteiger partial charge on any atom is 0.472 e. The Kier molecular flexibility index (Phi) is 72.5. The van der Waals surface area contributed by atoms with Crippen LogP contribution in [-0.2, 0) is 65.4 Å². The van der Waals surface area contributed by atoms with E-state index in [1.165, 1.54) is 257 Å². The van der Waals surface area contributed by atoms with Crippen molar-refractivity contribution >= 4 is 39.5 Å². The molecule has 594 valence electrons. The number of hydrogen-bond donors (Lipinski definition) is 3. The second-order valence-electron chi connectivity index (χ2n) is 29.4. The molecule has 0 fully saturated rings. The van der Waals surface area contributed by atoms with Crippen LogP contribution in [-0.4, -0.2) is 96.7 Å². The number of hydrogen-bond acceptors (Lipinski definition) is 15. The predicted octanol–water partition coefficient (Wildman–Crippen LogP) is 24.4. The van der Waals surface area contributed by atoms with Crippen molar-refractivity contribution in [3.8, 4) is 0 Å². The third-order valence-corrected chi connectivity index (χ3v) is 21.3. The van der Waals surface area contributed by atoms with Gasteiger partial charge in [-0.05, 0) is 31.6 Å². The average molecular weight is 1470 g/mol. The maximum absolute atomic E-state index is 13.1. The molecule has 3 unspecified atom stereocenters. The molecule has 6 atom stereocenters. The zero-order chi connectivity index (χ0) is 73.4. The molecule has 0 aliphatic carbocycles. The van der Waals surface area contributed by atoms with Gasteiger partial charge in [0.2, 0.25) is 0 Å². The summed E-state index contributed by atoms with van der Waals surface area (Å²) in [5.74, 6) is -1.26. The van der Waals surface area contributed by atoms with Gasteiger partial charge in [-0.3, -0.25) is 37.3 Å². The van der Waals surface area contributed by atoms with Crippen LogP contribution in [0.4, 0.5) is 0 Å². The summed E-state index contributed by atoms with van der Waals surface area (Å²) in [6, 6.07) is 0. The number of unbranched alkanes of at least 4 members (excludes halogenated alkanes) is 52. The molecule has 0 heterocycles. The fraction of sp³-hybridized carbons (Fsp3) is 0.951. The van der Waals surface area contributed by atoms with E-state index in [1.807, 2.05) is 0 Å². The van der Waals surface area contributed by atoms with Gasteiger partial charge in [0.15, 0.2) is 12.2 Å². The lowest BCUT2D eigenvalue weighted by atomic mass is 9.99. The fourth-order valence-corrected chi connectivity index (χ4v) is 14.1. The summed E-state index contributed by atoms with van der Waals surface area (Å²) in [5.41, 5.74) is 0. The van der Waals surface area contributed by atoms with Gasteiger partial charge < -0.3 is 33.8 Å². The molecule has 100 heavy (non-hydrogen) atoms. The second-order valence-corrected chi connectivity index (χ2v) is 32.3. The molecular weight excluding hydrogens is 1310 g/mol. The highest BCUT2D eigenvalue weighted by molar-refractivity contribution is 7.47. The van der Waals surface area contributed by atoms with Gasteiger partial charge in [-0.25, -0.2) is 9.13 Å². The molecule has 0 aromatic heterocycles. The molecule has 0 aliphatic rings.